The standard InChI is InChI=1S/C2H4O2.Li.H/c1-2(3)4;;/h1H3,(H,3,4);;/q;+1;-1. The molecule has 2 nitrogen and oxygen atoms in total. The maximum Gasteiger partial charge on any atom is 1.00 e. The number of carbonyl (C=O) groups is 1. The Bertz CT molecular complexity index is 34.5. The van der Waals surface area contributed by atoms with E-state index in [1.807, 2.05) is 0 Å². The van der Waals surface area contributed by atoms with Crippen LogP contribution in [0.2, 0.25) is 0 Å². The molecule has 0 saturated carbocycles. The number of rotatable bonds is 0. The zero-order chi connectivity index (χ0) is 3.58. The SMILES string of the molecule is CC(=O)O.[H-].[Li+]. The molecule has 0 aromatic rings. The molecule has 1 N–H and O–H groups in total. The molecule has 0 saturated heterocycles. The fraction of sp³-hybridized carbons (Fsp3) is 0.500. The van der Waals surface area contributed by atoms with Crippen molar-refractivity contribution >= 4 is 5.97 Å². The molecule has 0 unspecified atom stereocenters. The van der Waals surface area contributed by atoms with Gasteiger partial charge in [-0.2, -0.15) is 0 Å². The van der Waals surface area contributed by atoms with E-state index >= 15 is 0 Å². The molecule has 0 aromatic carbocycles. The number of carboxylic acid groups (broad SMARTS) is 1. The van der Waals surface area contributed by atoms with Gasteiger partial charge < -0.3 is 6.53 Å². The third-order valence-electron chi connectivity index (χ3n) is 0. The molecule has 0 fully saturated rings. The van der Waals surface area contributed by atoms with Crippen LogP contribution in [-0.4, -0.2) is 11.1 Å². The average molecular weight is 68.0 g/mol. The topological polar surface area (TPSA) is 37.3 Å². The maximum absolute atomic E-state index is 9.00. The van der Waals surface area contributed by atoms with Gasteiger partial charge in [-0.15, -0.1) is 0 Å². The number of hydrogen-bond acceptors (Lipinski definition) is 1. The van der Waals surface area contributed by atoms with Gasteiger partial charge in [0.15, 0.2) is 0 Å². The van der Waals surface area contributed by atoms with Crippen LogP contribution in [0.3, 0.4) is 0 Å². The zero-order valence-corrected chi connectivity index (χ0v) is 3.36. The van der Waals surface area contributed by atoms with Crippen molar-refractivity contribution < 1.29 is 30.2 Å². The van der Waals surface area contributed by atoms with E-state index in [0.717, 1.165) is 6.92 Å². The summed E-state index contributed by atoms with van der Waals surface area (Å²) in [6.07, 6.45) is 0. The number of hydrogen-bond donors (Lipinski definition) is 1. The second kappa shape index (κ2) is 4.07. The first-order valence-corrected chi connectivity index (χ1v) is 0.928. The van der Waals surface area contributed by atoms with Gasteiger partial charge in [0.2, 0.25) is 0 Å². The van der Waals surface area contributed by atoms with E-state index in [2.05, 4.69) is 0 Å². The molecule has 0 aliphatic carbocycles. The molecule has 0 rings (SSSR count). The van der Waals surface area contributed by atoms with Gasteiger partial charge >= 0.3 is 18.9 Å². The Labute approximate surface area is 43.8 Å². The maximum atomic E-state index is 9.00. The Kier molecular flexibility index (Phi) is 7.25. The van der Waals surface area contributed by atoms with Gasteiger partial charge in [0.25, 0.3) is 5.97 Å². The molecule has 0 heterocycles. The second-order valence-electron chi connectivity index (χ2n) is 0.519. The summed E-state index contributed by atoms with van der Waals surface area (Å²) in [5, 5.41) is 7.42. The smallest absolute Gasteiger partial charge is 1.00 e. The summed E-state index contributed by atoms with van der Waals surface area (Å²) in [6, 6.07) is 0. The number of aliphatic carboxylic acids is 1. The Morgan fingerprint density at radius 3 is 2.00 bits per heavy atom. The zero-order valence-electron chi connectivity index (χ0n) is 4.36. The van der Waals surface area contributed by atoms with Crippen LogP contribution in [0.1, 0.15) is 8.35 Å². The van der Waals surface area contributed by atoms with Gasteiger partial charge in [-0.1, -0.05) is 0 Å². The Morgan fingerprint density at radius 1 is 2.00 bits per heavy atom. The van der Waals surface area contributed by atoms with E-state index in [4.69, 9.17) is 9.90 Å². The van der Waals surface area contributed by atoms with Gasteiger partial charge in [-0.05, 0) is 0 Å². The molecule has 0 amide bonds. The fourth-order valence-electron chi connectivity index (χ4n) is 0. The van der Waals surface area contributed by atoms with E-state index in [1.54, 1.807) is 0 Å². The molecule has 0 aromatic heterocycles. The molecule has 0 aliphatic rings. The van der Waals surface area contributed by atoms with E-state index in [-0.39, 0.29) is 20.3 Å². The van der Waals surface area contributed by atoms with E-state index in [9.17, 15) is 0 Å². The summed E-state index contributed by atoms with van der Waals surface area (Å²) < 4.78 is 0. The quantitative estimate of drug-likeness (QED) is 0.311. The van der Waals surface area contributed by atoms with Gasteiger partial charge in [-0.25, -0.2) is 0 Å². The predicted octanol–water partition coefficient (Wildman–Crippen LogP) is -2.79. The second-order valence-corrected chi connectivity index (χ2v) is 0.519. The van der Waals surface area contributed by atoms with Crippen molar-refractivity contribution in [2.45, 2.75) is 6.92 Å². The normalized spacial score (nSPS) is 5.00. The first-order chi connectivity index (χ1) is 1.73. The minimum absolute atomic E-state index is 0. The first-order valence-electron chi connectivity index (χ1n) is 0.928. The van der Waals surface area contributed by atoms with Crippen molar-refractivity contribution in [1.29, 1.82) is 0 Å². The van der Waals surface area contributed by atoms with E-state index in [0.29, 0.717) is 0 Å². The van der Waals surface area contributed by atoms with Gasteiger partial charge in [0.1, 0.15) is 0 Å². The summed E-state index contributed by atoms with van der Waals surface area (Å²) in [4.78, 5) is 9.00. The van der Waals surface area contributed by atoms with Crippen LogP contribution >= 0.6 is 0 Å². The van der Waals surface area contributed by atoms with Gasteiger partial charge in [0.05, 0.1) is 0 Å². The van der Waals surface area contributed by atoms with Crippen LogP contribution < -0.4 is 18.9 Å². The molecule has 26 valence electrons. The molecule has 0 spiro atoms. The van der Waals surface area contributed by atoms with Crippen molar-refractivity contribution in [3.63, 3.8) is 0 Å². The van der Waals surface area contributed by atoms with Crippen molar-refractivity contribution in [2.75, 3.05) is 0 Å². The monoisotopic (exact) mass is 68.0 g/mol. The van der Waals surface area contributed by atoms with Gasteiger partial charge in [-0.3, -0.25) is 4.79 Å². The summed E-state index contributed by atoms with van der Waals surface area (Å²) in [6.45, 7) is 1.08. The van der Waals surface area contributed by atoms with Crippen LogP contribution in [0, 0.1) is 0 Å². The van der Waals surface area contributed by atoms with E-state index in [1.165, 1.54) is 0 Å². The average Bonchev–Trinajstić information content (AvgIpc) is 0.811. The minimum atomic E-state index is -0.833. The summed E-state index contributed by atoms with van der Waals surface area (Å²) in [5.41, 5.74) is 0. The predicted molar refractivity (Wildman–Crippen MR) is 14.4 cm³/mol. The van der Waals surface area contributed by atoms with Crippen molar-refractivity contribution in [1.82, 2.24) is 0 Å². The van der Waals surface area contributed by atoms with Crippen LogP contribution in [0.5, 0.6) is 0 Å². The largest absolute Gasteiger partial charge is 1.00 e. The molecule has 0 aliphatic heterocycles. The van der Waals surface area contributed by atoms with Crippen LogP contribution in [0.4, 0.5) is 0 Å². The van der Waals surface area contributed by atoms with E-state index < -0.39 is 5.97 Å². The van der Waals surface area contributed by atoms with Crippen molar-refractivity contribution in [3.05, 3.63) is 0 Å². The first kappa shape index (κ1) is 8.91. The molecular formula is C2H5LiO2. The molecule has 3 heteroatoms. The molecule has 0 atom stereocenters. The number of carboxylic acids is 1. The van der Waals surface area contributed by atoms with Crippen LogP contribution in [0.15, 0.2) is 0 Å². The molecular weight excluding hydrogens is 63.0 g/mol. The van der Waals surface area contributed by atoms with Crippen molar-refractivity contribution in [2.24, 2.45) is 0 Å². The molecule has 0 radical (unpaired) electrons. The van der Waals surface area contributed by atoms with Gasteiger partial charge in [0, 0.05) is 6.92 Å². The Balaban J connectivity index is -0.0000000450. The summed E-state index contributed by atoms with van der Waals surface area (Å²) in [5.74, 6) is -0.833. The summed E-state index contributed by atoms with van der Waals surface area (Å²) in [7, 11) is 0. The third kappa shape index (κ3) is 3830. The Hall–Kier alpha value is 0.0674. The van der Waals surface area contributed by atoms with Crippen molar-refractivity contribution in [3.8, 4) is 0 Å². The minimum Gasteiger partial charge on any atom is -1.00 e. The van der Waals surface area contributed by atoms with Crippen LogP contribution in [0.25, 0.3) is 0 Å². The molecule has 5 heavy (non-hydrogen) atoms. The third-order valence-corrected chi connectivity index (χ3v) is 0. The summed E-state index contributed by atoms with van der Waals surface area (Å²) >= 11 is 0. The van der Waals surface area contributed by atoms with Crippen LogP contribution in [-0.2, 0) is 4.79 Å². The Morgan fingerprint density at radius 2 is 2.00 bits per heavy atom. The fourth-order valence-corrected chi connectivity index (χ4v) is 0. The molecule has 0 bridgehead atoms.